The molecule has 2 aromatic heterocycles. The molecule has 1 aliphatic carbocycles. The zero-order valence-corrected chi connectivity index (χ0v) is 13.2. The molecule has 2 amide bonds. The molecule has 6 heteroatoms. The number of urea groups is 1. The minimum atomic E-state index is -0.0790. The van der Waals surface area contributed by atoms with Crippen molar-refractivity contribution in [1.29, 1.82) is 0 Å². The van der Waals surface area contributed by atoms with Crippen LogP contribution in [-0.4, -0.2) is 45.6 Å². The van der Waals surface area contributed by atoms with E-state index in [1.165, 1.54) is 12.8 Å². The molecule has 3 heterocycles. The third kappa shape index (κ3) is 2.91. The number of nitrogens with one attached hydrogen (secondary N) is 1. The number of morpholine rings is 1. The molecule has 0 aromatic carbocycles. The first-order valence-electron chi connectivity index (χ1n) is 8.33. The van der Waals surface area contributed by atoms with E-state index >= 15 is 0 Å². The number of carbonyl (C=O) groups is 1. The Hall–Kier alpha value is -2.08. The molecule has 122 valence electrons. The third-order valence-electron chi connectivity index (χ3n) is 4.96. The van der Waals surface area contributed by atoms with Gasteiger partial charge in [-0.2, -0.15) is 0 Å². The summed E-state index contributed by atoms with van der Waals surface area (Å²) in [5, 5.41) is 3.03. The van der Waals surface area contributed by atoms with Crippen LogP contribution in [0.1, 0.15) is 31.2 Å². The average Bonchev–Trinajstić information content (AvgIpc) is 3.21. The van der Waals surface area contributed by atoms with Gasteiger partial charge in [0, 0.05) is 31.7 Å². The SMILES string of the molecule is O=C(NCc1ccn2ccnc2c1)N1CCOC2(CCCC2)C1. The Labute approximate surface area is 135 Å². The highest BCUT2D eigenvalue weighted by Crippen LogP contribution is 2.35. The molecule has 0 bridgehead atoms. The minimum absolute atomic E-state index is 0.00258. The van der Waals surface area contributed by atoms with E-state index in [4.69, 9.17) is 4.74 Å². The van der Waals surface area contributed by atoms with Crippen molar-refractivity contribution in [1.82, 2.24) is 19.6 Å². The van der Waals surface area contributed by atoms with Crippen molar-refractivity contribution < 1.29 is 9.53 Å². The Morgan fingerprint density at radius 2 is 2.22 bits per heavy atom. The second kappa shape index (κ2) is 5.85. The van der Waals surface area contributed by atoms with Crippen molar-refractivity contribution in [2.75, 3.05) is 19.7 Å². The van der Waals surface area contributed by atoms with E-state index in [1.54, 1.807) is 6.20 Å². The molecule has 0 unspecified atom stereocenters. The number of nitrogens with zero attached hydrogens (tertiary/aromatic N) is 3. The second-order valence-corrected chi connectivity index (χ2v) is 6.55. The highest BCUT2D eigenvalue weighted by atomic mass is 16.5. The summed E-state index contributed by atoms with van der Waals surface area (Å²) in [6, 6.07) is 4.01. The molecule has 6 nitrogen and oxygen atoms in total. The van der Waals surface area contributed by atoms with Gasteiger partial charge in [0.15, 0.2) is 0 Å². The maximum atomic E-state index is 12.5. The minimum Gasteiger partial charge on any atom is -0.371 e. The van der Waals surface area contributed by atoms with Gasteiger partial charge in [-0.1, -0.05) is 12.8 Å². The fourth-order valence-electron chi connectivity index (χ4n) is 3.69. The van der Waals surface area contributed by atoms with E-state index in [0.29, 0.717) is 19.7 Å². The van der Waals surface area contributed by atoms with Gasteiger partial charge in [-0.3, -0.25) is 0 Å². The number of ether oxygens (including phenoxy) is 1. The zero-order valence-electron chi connectivity index (χ0n) is 13.2. The number of hydrogen-bond acceptors (Lipinski definition) is 3. The number of aromatic nitrogens is 2. The van der Waals surface area contributed by atoms with Crippen LogP contribution in [0.25, 0.3) is 5.65 Å². The van der Waals surface area contributed by atoms with Crippen molar-refractivity contribution in [3.05, 3.63) is 36.3 Å². The molecule has 2 fully saturated rings. The summed E-state index contributed by atoms with van der Waals surface area (Å²) in [5.41, 5.74) is 1.87. The molecule has 2 aliphatic rings. The molecule has 1 saturated carbocycles. The largest absolute Gasteiger partial charge is 0.371 e. The second-order valence-electron chi connectivity index (χ2n) is 6.55. The van der Waals surface area contributed by atoms with Gasteiger partial charge < -0.3 is 19.4 Å². The molecule has 1 aliphatic heterocycles. The fourth-order valence-corrected chi connectivity index (χ4v) is 3.69. The van der Waals surface area contributed by atoms with Crippen LogP contribution in [0, 0.1) is 0 Å². The summed E-state index contributed by atoms with van der Waals surface area (Å²) in [6.45, 7) is 2.56. The van der Waals surface area contributed by atoms with Crippen LogP contribution in [0.4, 0.5) is 4.79 Å². The average molecular weight is 314 g/mol. The lowest BCUT2D eigenvalue weighted by Gasteiger charge is -2.40. The molecule has 1 spiro atoms. The Morgan fingerprint density at radius 3 is 3.09 bits per heavy atom. The van der Waals surface area contributed by atoms with Gasteiger partial charge >= 0.3 is 6.03 Å². The smallest absolute Gasteiger partial charge is 0.317 e. The van der Waals surface area contributed by atoms with Crippen molar-refractivity contribution in [2.24, 2.45) is 0 Å². The topological polar surface area (TPSA) is 58.9 Å². The van der Waals surface area contributed by atoms with Gasteiger partial charge in [-0.25, -0.2) is 9.78 Å². The predicted octanol–water partition coefficient (Wildman–Crippen LogP) is 2.19. The lowest BCUT2D eigenvalue weighted by atomic mass is 10.00. The number of imidazole rings is 1. The number of fused-ring (bicyclic) bond motifs is 1. The van der Waals surface area contributed by atoms with E-state index < -0.39 is 0 Å². The van der Waals surface area contributed by atoms with E-state index in [-0.39, 0.29) is 11.6 Å². The van der Waals surface area contributed by atoms with Crippen LogP contribution < -0.4 is 5.32 Å². The molecule has 23 heavy (non-hydrogen) atoms. The van der Waals surface area contributed by atoms with E-state index in [0.717, 1.165) is 30.6 Å². The summed E-state index contributed by atoms with van der Waals surface area (Å²) in [7, 11) is 0. The fraction of sp³-hybridized carbons (Fsp3) is 0.529. The lowest BCUT2D eigenvalue weighted by Crippen LogP contribution is -2.54. The van der Waals surface area contributed by atoms with Gasteiger partial charge in [-0.05, 0) is 30.5 Å². The number of hydrogen-bond donors (Lipinski definition) is 1. The number of pyridine rings is 1. The number of rotatable bonds is 2. The molecule has 2 aromatic rings. The zero-order chi connectivity index (χ0) is 15.7. The van der Waals surface area contributed by atoms with Crippen molar-refractivity contribution in [3.63, 3.8) is 0 Å². The first-order chi connectivity index (χ1) is 11.2. The van der Waals surface area contributed by atoms with E-state index in [9.17, 15) is 4.79 Å². The lowest BCUT2D eigenvalue weighted by molar-refractivity contribution is -0.0925. The van der Waals surface area contributed by atoms with Gasteiger partial charge in [0.1, 0.15) is 5.65 Å². The van der Waals surface area contributed by atoms with Crippen LogP contribution >= 0.6 is 0 Å². The van der Waals surface area contributed by atoms with Crippen molar-refractivity contribution in [2.45, 2.75) is 37.8 Å². The number of amides is 2. The summed E-state index contributed by atoms with van der Waals surface area (Å²) < 4.78 is 7.93. The molecular weight excluding hydrogens is 292 g/mol. The molecule has 4 rings (SSSR count). The first kappa shape index (κ1) is 14.5. The summed E-state index contributed by atoms with van der Waals surface area (Å²) >= 11 is 0. The van der Waals surface area contributed by atoms with Gasteiger partial charge in [-0.15, -0.1) is 0 Å². The summed E-state index contributed by atoms with van der Waals surface area (Å²) in [6.07, 6.45) is 10.2. The normalized spacial score (nSPS) is 20.3. The third-order valence-corrected chi connectivity index (χ3v) is 4.96. The first-order valence-corrected chi connectivity index (χ1v) is 8.33. The van der Waals surface area contributed by atoms with Crippen LogP contribution in [0.5, 0.6) is 0 Å². The molecular formula is C17H22N4O2. The highest BCUT2D eigenvalue weighted by molar-refractivity contribution is 5.74. The van der Waals surface area contributed by atoms with E-state index in [2.05, 4.69) is 10.3 Å². The monoisotopic (exact) mass is 314 g/mol. The molecule has 1 N–H and O–H groups in total. The Kier molecular flexibility index (Phi) is 3.69. The van der Waals surface area contributed by atoms with Crippen molar-refractivity contribution >= 4 is 11.7 Å². The molecule has 1 saturated heterocycles. The number of carbonyl (C=O) groups excluding carboxylic acids is 1. The molecule has 0 atom stereocenters. The summed E-state index contributed by atoms with van der Waals surface area (Å²) in [5.74, 6) is 0. The van der Waals surface area contributed by atoms with Crippen LogP contribution in [0.15, 0.2) is 30.7 Å². The van der Waals surface area contributed by atoms with E-state index in [1.807, 2.05) is 33.8 Å². The van der Waals surface area contributed by atoms with Crippen molar-refractivity contribution in [3.8, 4) is 0 Å². The molecule has 0 radical (unpaired) electrons. The van der Waals surface area contributed by atoms with Crippen LogP contribution in [0.3, 0.4) is 0 Å². The van der Waals surface area contributed by atoms with Gasteiger partial charge in [0.25, 0.3) is 0 Å². The Bertz CT molecular complexity index is 705. The Balaban J connectivity index is 1.37. The Morgan fingerprint density at radius 1 is 1.35 bits per heavy atom. The van der Waals surface area contributed by atoms with Gasteiger partial charge in [0.2, 0.25) is 0 Å². The summed E-state index contributed by atoms with van der Waals surface area (Å²) in [4.78, 5) is 18.6. The maximum absolute atomic E-state index is 12.5. The van der Waals surface area contributed by atoms with Gasteiger partial charge in [0.05, 0.1) is 18.8 Å². The van der Waals surface area contributed by atoms with Crippen LogP contribution in [-0.2, 0) is 11.3 Å². The van der Waals surface area contributed by atoms with Crippen LogP contribution in [0.2, 0.25) is 0 Å². The predicted molar refractivity (Wildman–Crippen MR) is 86.2 cm³/mol. The maximum Gasteiger partial charge on any atom is 0.317 e. The standard InChI is InChI=1S/C17H22N4O2/c22-16(21-9-10-23-17(13-21)4-1-2-5-17)19-12-14-3-7-20-8-6-18-15(20)11-14/h3,6-8,11H,1-2,4-5,9-10,12-13H2,(H,19,22). The quantitative estimate of drug-likeness (QED) is 0.924. The highest BCUT2D eigenvalue weighted by Gasteiger charge is 2.40.